The van der Waals surface area contributed by atoms with Crippen molar-refractivity contribution in [2.24, 2.45) is 5.41 Å². The second-order valence-corrected chi connectivity index (χ2v) is 5.59. The van der Waals surface area contributed by atoms with Crippen LogP contribution in [0.2, 0.25) is 0 Å². The fourth-order valence-electron chi connectivity index (χ4n) is 2.11. The van der Waals surface area contributed by atoms with E-state index in [0.717, 1.165) is 18.6 Å². The monoisotopic (exact) mass is 235 g/mol. The Balaban J connectivity index is 2.54. The highest BCUT2D eigenvalue weighted by Gasteiger charge is 2.22. The smallest absolute Gasteiger partial charge is 0.118 e. The number of hydrogen-bond acceptors (Lipinski definition) is 2. The number of methoxy groups -OCH3 is 1. The predicted octanol–water partition coefficient (Wildman–Crippen LogP) is 3.26. The van der Waals surface area contributed by atoms with Gasteiger partial charge in [0.15, 0.2) is 0 Å². The van der Waals surface area contributed by atoms with E-state index < -0.39 is 0 Å². The van der Waals surface area contributed by atoms with Gasteiger partial charge >= 0.3 is 0 Å². The van der Waals surface area contributed by atoms with Crippen molar-refractivity contribution in [3.63, 3.8) is 0 Å². The maximum Gasteiger partial charge on any atom is 0.118 e. The van der Waals surface area contributed by atoms with Gasteiger partial charge in [-0.15, -0.1) is 0 Å². The highest BCUT2D eigenvalue weighted by atomic mass is 16.5. The van der Waals surface area contributed by atoms with E-state index in [1.165, 1.54) is 5.56 Å². The summed E-state index contributed by atoms with van der Waals surface area (Å²) in [7, 11) is 3.75. The van der Waals surface area contributed by atoms with Gasteiger partial charge in [-0.25, -0.2) is 0 Å². The Morgan fingerprint density at radius 3 is 2.18 bits per heavy atom. The average Bonchev–Trinajstić information content (AvgIpc) is 2.29. The molecular formula is C15H25NO. The van der Waals surface area contributed by atoms with Crippen molar-refractivity contribution in [3.8, 4) is 5.75 Å². The zero-order valence-electron chi connectivity index (χ0n) is 11.7. The number of nitrogens with one attached hydrogen (secondary N) is 1. The first-order chi connectivity index (χ1) is 7.97. The molecule has 0 aromatic heterocycles. The van der Waals surface area contributed by atoms with Crippen molar-refractivity contribution in [2.75, 3.05) is 14.2 Å². The van der Waals surface area contributed by atoms with Gasteiger partial charge in [-0.2, -0.15) is 0 Å². The van der Waals surface area contributed by atoms with Crippen molar-refractivity contribution in [1.82, 2.24) is 5.32 Å². The van der Waals surface area contributed by atoms with Crippen LogP contribution in [-0.2, 0) is 6.42 Å². The fraction of sp³-hybridized carbons (Fsp3) is 0.600. The molecule has 0 saturated heterocycles. The Labute approximate surface area is 105 Å². The van der Waals surface area contributed by atoms with Crippen molar-refractivity contribution in [3.05, 3.63) is 29.8 Å². The number of ether oxygens (including phenoxy) is 1. The zero-order chi connectivity index (χ0) is 12.9. The molecule has 0 spiro atoms. The van der Waals surface area contributed by atoms with Crippen LogP contribution >= 0.6 is 0 Å². The molecule has 0 radical (unpaired) electrons. The van der Waals surface area contributed by atoms with Crippen LogP contribution < -0.4 is 10.1 Å². The molecule has 1 aromatic carbocycles. The third-order valence-electron chi connectivity index (χ3n) is 3.27. The van der Waals surface area contributed by atoms with E-state index in [1.807, 2.05) is 19.2 Å². The van der Waals surface area contributed by atoms with Crippen LogP contribution in [0.4, 0.5) is 0 Å². The summed E-state index contributed by atoms with van der Waals surface area (Å²) < 4.78 is 5.16. The van der Waals surface area contributed by atoms with Crippen molar-refractivity contribution in [1.29, 1.82) is 0 Å². The third kappa shape index (κ3) is 4.39. The SMILES string of the molecule is CNC(CCc1ccc(OC)cc1)C(C)(C)C. The lowest BCUT2D eigenvalue weighted by Crippen LogP contribution is -2.38. The standard InChI is InChI=1S/C15H25NO/c1-15(2,3)14(16-4)11-8-12-6-9-13(17-5)10-7-12/h6-7,9-10,14,16H,8,11H2,1-5H3. The lowest BCUT2D eigenvalue weighted by molar-refractivity contribution is 0.268. The van der Waals surface area contributed by atoms with Crippen LogP contribution in [0.3, 0.4) is 0 Å². The topological polar surface area (TPSA) is 21.3 Å². The van der Waals surface area contributed by atoms with E-state index in [1.54, 1.807) is 7.11 Å². The highest BCUT2D eigenvalue weighted by molar-refractivity contribution is 5.27. The summed E-state index contributed by atoms with van der Waals surface area (Å²) in [4.78, 5) is 0. The van der Waals surface area contributed by atoms with E-state index in [4.69, 9.17) is 4.74 Å². The lowest BCUT2D eigenvalue weighted by atomic mass is 9.83. The summed E-state index contributed by atoms with van der Waals surface area (Å²) in [5.41, 5.74) is 1.68. The van der Waals surface area contributed by atoms with Crippen LogP contribution in [0.5, 0.6) is 5.75 Å². The quantitative estimate of drug-likeness (QED) is 0.846. The first kappa shape index (κ1) is 14.0. The molecule has 0 fully saturated rings. The minimum Gasteiger partial charge on any atom is -0.497 e. The molecule has 1 atom stereocenters. The van der Waals surface area contributed by atoms with Crippen LogP contribution in [0, 0.1) is 5.41 Å². The molecular weight excluding hydrogens is 210 g/mol. The maximum absolute atomic E-state index is 5.16. The van der Waals surface area contributed by atoms with Gasteiger partial charge in [0, 0.05) is 6.04 Å². The molecule has 1 N–H and O–H groups in total. The summed E-state index contributed by atoms with van der Waals surface area (Å²) in [6, 6.07) is 8.90. The van der Waals surface area contributed by atoms with Crippen LogP contribution in [0.25, 0.3) is 0 Å². The molecule has 0 aliphatic rings. The first-order valence-electron chi connectivity index (χ1n) is 6.27. The van der Waals surface area contributed by atoms with Crippen LogP contribution in [-0.4, -0.2) is 20.2 Å². The van der Waals surface area contributed by atoms with E-state index in [9.17, 15) is 0 Å². The molecule has 0 heterocycles. The molecule has 1 unspecified atom stereocenters. The largest absolute Gasteiger partial charge is 0.497 e. The average molecular weight is 235 g/mol. The Hall–Kier alpha value is -1.02. The Bertz CT molecular complexity index is 324. The van der Waals surface area contributed by atoms with Gasteiger partial charge in [0.2, 0.25) is 0 Å². The molecule has 2 heteroatoms. The van der Waals surface area contributed by atoms with Crippen LogP contribution in [0.15, 0.2) is 24.3 Å². The molecule has 0 bridgehead atoms. The number of benzene rings is 1. The predicted molar refractivity (Wildman–Crippen MR) is 73.6 cm³/mol. The lowest BCUT2D eigenvalue weighted by Gasteiger charge is -2.30. The van der Waals surface area contributed by atoms with Crippen molar-refractivity contribution < 1.29 is 4.74 Å². The van der Waals surface area contributed by atoms with Gasteiger partial charge in [-0.3, -0.25) is 0 Å². The van der Waals surface area contributed by atoms with E-state index in [2.05, 4.69) is 38.2 Å². The van der Waals surface area contributed by atoms with Gasteiger partial charge in [0.05, 0.1) is 7.11 Å². The zero-order valence-corrected chi connectivity index (χ0v) is 11.7. The molecule has 1 aromatic rings. The molecule has 0 aliphatic carbocycles. The molecule has 0 saturated carbocycles. The van der Waals surface area contributed by atoms with Gasteiger partial charge in [-0.1, -0.05) is 32.9 Å². The van der Waals surface area contributed by atoms with Crippen molar-refractivity contribution >= 4 is 0 Å². The summed E-state index contributed by atoms with van der Waals surface area (Å²) >= 11 is 0. The van der Waals surface area contributed by atoms with E-state index in [0.29, 0.717) is 11.5 Å². The molecule has 2 nitrogen and oxygen atoms in total. The Morgan fingerprint density at radius 2 is 1.76 bits per heavy atom. The van der Waals surface area contributed by atoms with E-state index >= 15 is 0 Å². The minimum atomic E-state index is 0.307. The normalized spacial score (nSPS) is 13.5. The molecule has 96 valence electrons. The molecule has 1 rings (SSSR count). The molecule has 17 heavy (non-hydrogen) atoms. The number of rotatable bonds is 5. The Kier molecular flexibility index (Phi) is 5.01. The summed E-state index contributed by atoms with van der Waals surface area (Å²) in [5, 5.41) is 3.41. The van der Waals surface area contributed by atoms with Gasteiger partial charge in [-0.05, 0) is 43.0 Å². The third-order valence-corrected chi connectivity index (χ3v) is 3.27. The maximum atomic E-state index is 5.16. The molecule has 0 aliphatic heterocycles. The second-order valence-electron chi connectivity index (χ2n) is 5.59. The minimum absolute atomic E-state index is 0.307. The first-order valence-corrected chi connectivity index (χ1v) is 6.27. The summed E-state index contributed by atoms with van der Waals surface area (Å²) in [5.74, 6) is 0.926. The van der Waals surface area contributed by atoms with E-state index in [-0.39, 0.29) is 0 Å². The summed E-state index contributed by atoms with van der Waals surface area (Å²) in [6.07, 6.45) is 2.26. The Morgan fingerprint density at radius 1 is 1.18 bits per heavy atom. The highest BCUT2D eigenvalue weighted by Crippen LogP contribution is 2.23. The number of hydrogen-bond donors (Lipinski definition) is 1. The fourth-order valence-corrected chi connectivity index (χ4v) is 2.11. The summed E-state index contributed by atoms with van der Waals surface area (Å²) in [6.45, 7) is 6.84. The van der Waals surface area contributed by atoms with Gasteiger partial charge in [0.25, 0.3) is 0 Å². The van der Waals surface area contributed by atoms with Gasteiger partial charge in [0.1, 0.15) is 5.75 Å². The van der Waals surface area contributed by atoms with Gasteiger partial charge < -0.3 is 10.1 Å². The number of aryl methyl sites for hydroxylation is 1. The molecule has 0 amide bonds. The van der Waals surface area contributed by atoms with Crippen LogP contribution in [0.1, 0.15) is 32.8 Å². The second kappa shape index (κ2) is 6.06. The van der Waals surface area contributed by atoms with Crippen molar-refractivity contribution in [2.45, 2.75) is 39.7 Å².